The van der Waals surface area contributed by atoms with Gasteiger partial charge in [0.1, 0.15) is 12.0 Å². The molecule has 1 heterocycles. The molecule has 2 amide bonds. The second-order valence-electron chi connectivity index (χ2n) is 7.07. The zero-order valence-electron chi connectivity index (χ0n) is 16.1. The van der Waals surface area contributed by atoms with Crippen LogP contribution in [0.1, 0.15) is 71.7 Å². The molecule has 0 saturated heterocycles. The summed E-state index contributed by atoms with van der Waals surface area (Å²) in [5.41, 5.74) is -3.45. The number of alkyl halides is 3. The molecular weight excluding hydrogens is 403 g/mol. The second kappa shape index (κ2) is 9.17. The lowest BCUT2D eigenvalue weighted by Gasteiger charge is -2.25. The summed E-state index contributed by atoms with van der Waals surface area (Å²) >= 11 is -0.877. The number of hydrogen-bond donors (Lipinski definition) is 0. The van der Waals surface area contributed by atoms with Crippen molar-refractivity contribution in [1.29, 1.82) is 0 Å². The molecule has 1 aliphatic heterocycles. The highest BCUT2D eigenvalue weighted by atomic mass is 32.2. The van der Waals surface area contributed by atoms with E-state index in [9.17, 15) is 22.8 Å². The third-order valence-corrected chi connectivity index (χ3v) is 5.30. The maximum atomic E-state index is 12.7. The Labute approximate surface area is 171 Å². The molecule has 0 radical (unpaired) electrons. The van der Waals surface area contributed by atoms with Crippen molar-refractivity contribution < 1.29 is 27.0 Å². The highest BCUT2D eigenvalue weighted by Crippen LogP contribution is 2.36. The van der Waals surface area contributed by atoms with Gasteiger partial charge in [0.15, 0.2) is 0 Å². The molecule has 4 nitrogen and oxygen atoms in total. The number of aryl methyl sites for hydroxylation is 1. The number of rotatable bonds is 9. The first-order chi connectivity index (χ1) is 13.8. The zero-order chi connectivity index (χ0) is 21.0. The molecule has 156 valence electrons. The van der Waals surface area contributed by atoms with Gasteiger partial charge in [-0.25, -0.2) is 0 Å². The van der Waals surface area contributed by atoms with E-state index in [0.29, 0.717) is 5.39 Å². The van der Waals surface area contributed by atoms with E-state index in [-0.39, 0.29) is 16.2 Å². The Hall–Kier alpha value is -2.06. The Bertz CT molecular complexity index is 914. The fourth-order valence-electron chi connectivity index (χ4n) is 3.55. The van der Waals surface area contributed by atoms with Crippen molar-refractivity contribution in [3.05, 3.63) is 47.0 Å². The van der Waals surface area contributed by atoms with Gasteiger partial charge in [-0.15, -0.1) is 5.06 Å². The van der Waals surface area contributed by atoms with Gasteiger partial charge in [0, 0.05) is 5.39 Å². The Balaban J connectivity index is 1.83. The molecule has 3 rings (SSSR count). The summed E-state index contributed by atoms with van der Waals surface area (Å²) in [5, 5.41) is 1.39. The Morgan fingerprint density at radius 2 is 1.66 bits per heavy atom. The van der Waals surface area contributed by atoms with Gasteiger partial charge in [-0.3, -0.25) is 9.59 Å². The second-order valence-corrected chi connectivity index (χ2v) is 7.85. The van der Waals surface area contributed by atoms with E-state index in [2.05, 4.69) is 11.2 Å². The van der Waals surface area contributed by atoms with Gasteiger partial charge in [-0.2, -0.15) is 17.5 Å². The number of carbonyl (C=O) groups is 2. The topological polar surface area (TPSA) is 46.6 Å². The number of carbonyl (C=O) groups excluding carboxylic acids is 2. The highest BCUT2D eigenvalue weighted by Gasteiger charge is 2.39. The van der Waals surface area contributed by atoms with E-state index < -0.39 is 29.4 Å². The van der Waals surface area contributed by atoms with Crippen LogP contribution in [0.5, 0.6) is 0 Å². The lowest BCUT2D eigenvalue weighted by Crippen LogP contribution is -2.39. The molecule has 0 saturated carbocycles. The molecule has 0 bridgehead atoms. The van der Waals surface area contributed by atoms with E-state index in [1.54, 1.807) is 18.2 Å². The van der Waals surface area contributed by atoms with Gasteiger partial charge in [0.25, 0.3) is 11.8 Å². The van der Waals surface area contributed by atoms with Crippen LogP contribution in [0.25, 0.3) is 10.8 Å². The molecule has 0 unspecified atom stereocenters. The Morgan fingerprint density at radius 1 is 0.966 bits per heavy atom. The van der Waals surface area contributed by atoms with E-state index in [1.807, 2.05) is 6.07 Å². The van der Waals surface area contributed by atoms with E-state index in [4.69, 9.17) is 0 Å². The van der Waals surface area contributed by atoms with Crippen LogP contribution < -0.4 is 0 Å². The molecule has 0 spiro atoms. The average molecular weight is 425 g/mol. The van der Waals surface area contributed by atoms with Gasteiger partial charge in [-0.1, -0.05) is 57.2 Å². The first-order valence-corrected chi connectivity index (χ1v) is 10.4. The first-order valence-electron chi connectivity index (χ1n) is 9.69. The number of benzene rings is 2. The van der Waals surface area contributed by atoms with Gasteiger partial charge >= 0.3 is 5.51 Å². The largest absolute Gasteiger partial charge is 0.470 e. The standard InChI is InChI=1S/C21H22F3NO3S/c1-2-3-4-5-6-7-9-14-12-15-10-8-11-16-18(15)17(13-14)20(27)25(19(16)26)28-29-21(22,23)24/h8,10-13H,2-7,9H2,1H3. The molecule has 2 aromatic rings. The van der Waals surface area contributed by atoms with Crippen LogP contribution in [0.15, 0.2) is 30.3 Å². The normalized spacial score (nSPS) is 14.1. The fourth-order valence-corrected chi connectivity index (χ4v) is 3.84. The molecule has 1 aliphatic rings. The number of hydroxylamine groups is 2. The van der Waals surface area contributed by atoms with Gasteiger partial charge in [-0.05, 0) is 35.9 Å². The molecule has 0 aromatic heterocycles. The minimum Gasteiger partial charge on any atom is -0.266 e. The number of amides is 2. The maximum Gasteiger partial charge on any atom is 0.470 e. The first kappa shape index (κ1) is 21.6. The summed E-state index contributed by atoms with van der Waals surface area (Å²) in [5.74, 6) is -1.77. The van der Waals surface area contributed by atoms with Crippen LogP contribution in [0.4, 0.5) is 13.2 Å². The third kappa shape index (κ3) is 5.11. The van der Waals surface area contributed by atoms with E-state index in [1.165, 1.54) is 25.3 Å². The number of hydrogen-bond acceptors (Lipinski definition) is 4. The Morgan fingerprint density at radius 3 is 2.38 bits per heavy atom. The molecular formula is C21H22F3NO3S. The predicted octanol–water partition coefficient (Wildman–Crippen LogP) is 6.44. The van der Waals surface area contributed by atoms with Gasteiger partial charge in [0.05, 0.1) is 11.1 Å². The molecule has 29 heavy (non-hydrogen) atoms. The maximum absolute atomic E-state index is 12.7. The minimum absolute atomic E-state index is 0.158. The van der Waals surface area contributed by atoms with Crippen molar-refractivity contribution in [2.45, 2.75) is 57.4 Å². The van der Waals surface area contributed by atoms with Crippen molar-refractivity contribution in [1.82, 2.24) is 5.06 Å². The van der Waals surface area contributed by atoms with Gasteiger partial charge < -0.3 is 0 Å². The van der Waals surface area contributed by atoms with Crippen LogP contribution in [-0.4, -0.2) is 22.4 Å². The molecule has 0 atom stereocenters. The minimum atomic E-state index is -4.73. The summed E-state index contributed by atoms with van der Waals surface area (Å²) in [7, 11) is 0. The molecule has 0 fully saturated rings. The molecule has 0 aliphatic carbocycles. The third-order valence-electron chi connectivity index (χ3n) is 4.89. The summed E-state index contributed by atoms with van der Waals surface area (Å²) in [6.07, 6.45) is 7.57. The van der Waals surface area contributed by atoms with Crippen molar-refractivity contribution in [3.63, 3.8) is 0 Å². The number of halogens is 3. The molecule has 8 heteroatoms. The molecule has 2 aromatic carbocycles. The van der Waals surface area contributed by atoms with Crippen LogP contribution in [0.3, 0.4) is 0 Å². The van der Waals surface area contributed by atoms with Gasteiger partial charge in [0.2, 0.25) is 0 Å². The summed E-state index contributed by atoms with van der Waals surface area (Å²) in [6, 6.07) is 8.55. The monoisotopic (exact) mass is 425 g/mol. The molecule has 0 N–H and O–H groups in total. The van der Waals surface area contributed by atoms with E-state index in [0.717, 1.165) is 36.6 Å². The summed E-state index contributed by atoms with van der Waals surface area (Å²) in [6.45, 7) is 2.16. The zero-order valence-corrected chi connectivity index (χ0v) is 16.9. The number of unbranched alkanes of at least 4 members (excludes halogenated alkanes) is 5. The summed E-state index contributed by atoms with van der Waals surface area (Å²) in [4.78, 5) is 25.2. The SMILES string of the molecule is CCCCCCCCc1cc2c3c(cccc3c1)C(=O)N(OSC(F)(F)F)C2=O. The summed E-state index contributed by atoms with van der Waals surface area (Å²) < 4.78 is 41.9. The van der Waals surface area contributed by atoms with Crippen molar-refractivity contribution in [3.8, 4) is 0 Å². The van der Waals surface area contributed by atoms with Crippen LogP contribution in [0.2, 0.25) is 0 Å². The number of nitrogens with zero attached hydrogens (tertiary/aromatic N) is 1. The van der Waals surface area contributed by atoms with Crippen LogP contribution >= 0.6 is 12.0 Å². The lowest BCUT2D eigenvalue weighted by molar-refractivity contribution is -0.0570. The fraction of sp³-hybridized carbons (Fsp3) is 0.429. The van der Waals surface area contributed by atoms with E-state index >= 15 is 0 Å². The quantitative estimate of drug-likeness (QED) is 0.264. The highest BCUT2D eigenvalue weighted by molar-refractivity contribution is 7.95. The lowest BCUT2D eigenvalue weighted by atomic mass is 9.91. The predicted molar refractivity (Wildman–Crippen MR) is 106 cm³/mol. The average Bonchev–Trinajstić information content (AvgIpc) is 2.67. The van der Waals surface area contributed by atoms with Crippen LogP contribution in [0, 0.1) is 0 Å². The van der Waals surface area contributed by atoms with Crippen molar-refractivity contribution >= 4 is 34.6 Å². The van der Waals surface area contributed by atoms with Crippen molar-refractivity contribution in [2.75, 3.05) is 0 Å². The smallest absolute Gasteiger partial charge is 0.266 e. The Kier molecular flexibility index (Phi) is 6.85. The van der Waals surface area contributed by atoms with Crippen molar-refractivity contribution in [2.24, 2.45) is 0 Å². The van der Waals surface area contributed by atoms with Crippen LogP contribution in [-0.2, 0) is 10.7 Å². The number of imide groups is 1.